The molecule has 0 aromatic heterocycles. The number of hydrogen-bond donors (Lipinski definition) is 0. The van der Waals surface area contributed by atoms with Gasteiger partial charge in [-0.2, -0.15) is 43.2 Å². The van der Waals surface area contributed by atoms with Gasteiger partial charge in [0.05, 0.1) is 0 Å². The Balaban J connectivity index is 1.62. The lowest BCUT2D eigenvalue weighted by Crippen LogP contribution is -2.30. The zero-order chi connectivity index (χ0) is 34.9. The van der Waals surface area contributed by atoms with Crippen LogP contribution in [0.15, 0.2) is 109 Å². The maximum absolute atomic E-state index is 13.7. The Labute approximate surface area is 275 Å². The normalized spacial score (nSPS) is 17.0. The summed E-state index contributed by atoms with van der Waals surface area (Å²) in [7, 11) is -12.4. The summed E-state index contributed by atoms with van der Waals surface area (Å²) in [5.74, 6) is -3.23. The topological polar surface area (TPSA) is 86.7 Å². The molecule has 2 atom stereocenters. The molecule has 0 fully saturated rings. The van der Waals surface area contributed by atoms with E-state index < -0.39 is 54.6 Å². The average Bonchev–Trinajstić information content (AvgIpc) is 3.05. The van der Waals surface area contributed by atoms with Gasteiger partial charge in [-0.1, -0.05) is 97.1 Å². The van der Waals surface area contributed by atoms with Crippen LogP contribution in [0.2, 0.25) is 0 Å². The number of alkyl halides is 6. The molecule has 6 aromatic carbocycles. The van der Waals surface area contributed by atoms with Gasteiger partial charge in [-0.15, -0.1) is 0 Å². The third kappa shape index (κ3) is 5.52. The van der Waals surface area contributed by atoms with Gasteiger partial charge in [-0.3, -0.25) is 0 Å². The fourth-order valence-electron chi connectivity index (χ4n) is 6.75. The first-order valence-corrected chi connectivity index (χ1v) is 17.5. The van der Waals surface area contributed by atoms with E-state index in [2.05, 4.69) is 0 Å². The van der Waals surface area contributed by atoms with Crippen LogP contribution in [-0.4, -0.2) is 27.9 Å². The largest absolute Gasteiger partial charge is 0.534 e. The molecule has 0 amide bonds. The first-order valence-electron chi connectivity index (χ1n) is 14.6. The number of fused-ring (bicyclic) bond motifs is 2. The fourth-order valence-corrected chi connectivity index (χ4v) is 7.70. The van der Waals surface area contributed by atoms with Crippen LogP contribution in [0.1, 0.15) is 40.5 Å². The predicted octanol–water partition coefficient (Wildman–Crippen LogP) is 9.27. The predicted molar refractivity (Wildman–Crippen MR) is 171 cm³/mol. The van der Waals surface area contributed by atoms with E-state index in [1.807, 2.05) is 24.3 Å². The maximum Gasteiger partial charge on any atom is 0.534 e. The Morgan fingerprint density at radius 3 is 1.29 bits per heavy atom. The smallest absolute Gasteiger partial charge is 0.376 e. The van der Waals surface area contributed by atoms with Crippen LogP contribution in [-0.2, 0) is 20.2 Å². The summed E-state index contributed by atoms with van der Waals surface area (Å²) in [5.41, 5.74) is -10.6. The van der Waals surface area contributed by atoms with Crippen LogP contribution in [0.3, 0.4) is 0 Å². The van der Waals surface area contributed by atoms with E-state index in [-0.39, 0.29) is 28.3 Å². The molecule has 49 heavy (non-hydrogen) atoms. The molecule has 252 valence electrons. The second-order valence-corrected chi connectivity index (χ2v) is 14.6. The van der Waals surface area contributed by atoms with Gasteiger partial charge in [0.1, 0.15) is 11.5 Å². The van der Waals surface area contributed by atoms with E-state index in [1.54, 1.807) is 60.7 Å². The van der Waals surface area contributed by atoms with Crippen molar-refractivity contribution in [1.29, 1.82) is 0 Å². The minimum absolute atomic E-state index is 0.00636. The molecule has 0 heterocycles. The lowest BCUT2D eigenvalue weighted by molar-refractivity contribution is -0.0504. The molecule has 0 saturated carbocycles. The number of rotatable bonds is 6. The summed E-state index contributed by atoms with van der Waals surface area (Å²) in [4.78, 5) is 0. The highest BCUT2D eigenvalue weighted by Crippen LogP contribution is 2.56. The second-order valence-electron chi connectivity index (χ2n) is 11.5. The van der Waals surface area contributed by atoms with Crippen molar-refractivity contribution < 1.29 is 51.5 Å². The van der Waals surface area contributed by atoms with E-state index in [1.165, 1.54) is 12.1 Å². The molecule has 7 rings (SSSR count). The minimum Gasteiger partial charge on any atom is -0.376 e. The third-order valence-electron chi connectivity index (χ3n) is 8.72. The van der Waals surface area contributed by atoms with Gasteiger partial charge in [-0.25, -0.2) is 0 Å². The van der Waals surface area contributed by atoms with Gasteiger partial charge in [0, 0.05) is 23.0 Å². The molecule has 0 bridgehead atoms. The number of halogens is 6. The molecular formula is C35H22F6O6S2. The lowest BCUT2D eigenvalue weighted by atomic mass is 9.69. The number of benzene rings is 6. The molecule has 2 unspecified atom stereocenters. The molecule has 0 aliphatic heterocycles. The van der Waals surface area contributed by atoms with E-state index in [4.69, 9.17) is 8.37 Å². The van der Waals surface area contributed by atoms with Crippen molar-refractivity contribution in [1.82, 2.24) is 0 Å². The van der Waals surface area contributed by atoms with E-state index in [0.717, 1.165) is 22.9 Å². The van der Waals surface area contributed by atoms with Crippen molar-refractivity contribution in [3.8, 4) is 11.5 Å². The van der Waals surface area contributed by atoms with Gasteiger partial charge in [0.25, 0.3) is 0 Å². The summed E-state index contributed by atoms with van der Waals surface area (Å²) < 4.78 is 141. The maximum atomic E-state index is 13.7. The van der Waals surface area contributed by atoms with Crippen LogP contribution >= 0.6 is 0 Å². The SMILES string of the molecule is O=S(=O)(Oc1ccc2ccc(OS(=O)(=O)C(F)(F)F)c3c2c1C(c1cccc2ccccc12)CC3c1cccc2ccccc12)C(F)(F)F. The summed E-state index contributed by atoms with van der Waals surface area (Å²) in [5, 5.41) is 3.17. The van der Waals surface area contributed by atoms with Crippen molar-refractivity contribution in [3.05, 3.63) is 131 Å². The molecule has 0 N–H and O–H groups in total. The van der Waals surface area contributed by atoms with Gasteiger partial charge >= 0.3 is 31.3 Å². The fraction of sp³-hybridized carbons (Fsp3) is 0.143. The standard InChI is InChI=1S/C35H22F6O6S2/c36-34(37,38)48(42,43)46-29-17-15-22-16-18-30(47-49(44,45)35(39,40)41)33-28(26-14-6-10-21-8-2-4-12-24(21)26)19-27(32(29)31(22)33)25-13-5-9-20-7-1-3-11-23(20)25/h1-18,27-28H,19H2. The van der Waals surface area contributed by atoms with Crippen molar-refractivity contribution in [2.45, 2.75) is 29.3 Å². The van der Waals surface area contributed by atoms with E-state index in [0.29, 0.717) is 21.9 Å². The second kappa shape index (κ2) is 11.4. The molecule has 6 aromatic rings. The van der Waals surface area contributed by atoms with Crippen LogP contribution in [0.4, 0.5) is 26.3 Å². The first kappa shape index (κ1) is 32.7. The molecule has 0 radical (unpaired) electrons. The van der Waals surface area contributed by atoms with Crippen molar-refractivity contribution in [3.63, 3.8) is 0 Å². The first-order chi connectivity index (χ1) is 23.1. The summed E-state index contributed by atoms with van der Waals surface area (Å²) in [6, 6.07) is 29.5. The van der Waals surface area contributed by atoms with E-state index in [9.17, 15) is 43.2 Å². The zero-order valence-electron chi connectivity index (χ0n) is 24.8. The Hall–Kier alpha value is -4.82. The van der Waals surface area contributed by atoms with Crippen LogP contribution in [0.5, 0.6) is 11.5 Å². The lowest BCUT2D eigenvalue weighted by Gasteiger charge is -2.35. The molecule has 1 aliphatic carbocycles. The van der Waals surface area contributed by atoms with Crippen LogP contribution in [0.25, 0.3) is 32.3 Å². The Bertz CT molecular complexity index is 2330. The molecule has 6 nitrogen and oxygen atoms in total. The summed E-state index contributed by atoms with van der Waals surface area (Å²) in [6.07, 6.45) is -0.0526. The van der Waals surface area contributed by atoms with Crippen molar-refractivity contribution in [2.75, 3.05) is 0 Å². The van der Waals surface area contributed by atoms with Crippen molar-refractivity contribution in [2.24, 2.45) is 0 Å². The van der Waals surface area contributed by atoms with Gasteiger partial charge in [0.15, 0.2) is 0 Å². The highest BCUT2D eigenvalue weighted by Gasteiger charge is 2.51. The number of hydrogen-bond acceptors (Lipinski definition) is 6. The van der Waals surface area contributed by atoms with Crippen LogP contribution < -0.4 is 8.37 Å². The van der Waals surface area contributed by atoms with Gasteiger partial charge in [-0.05, 0) is 62.0 Å². The van der Waals surface area contributed by atoms with Crippen LogP contribution in [0, 0.1) is 0 Å². The zero-order valence-corrected chi connectivity index (χ0v) is 26.4. The Morgan fingerprint density at radius 2 is 0.878 bits per heavy atom. The molecular weight excluding hydrogens is 695 g/mol. The molecule has 0 saturated heterocycles. The molecule has 1 aliphatic rings. The minimum atomic E-state index is -6.22. The monoisotopic (exact) mass is 716 g/mol. The molecule has 14 heteroatoms. The summed E-state index contributed by atoms with van der Waals surface area (Å²) in [6.45, 7) is 0. The van der Waals surface area contributed by atoms with Gasteiger partial charge < -0.3 is 8.37 Å². The Kier molecular flexibility index (Phi) is 7.59. The third-order valence-corrected chi connectivity index (χ3v) is 10.7. The average molecular weight is 717 g/mol. The quantitative estimate of drug-likeness (QED) is 0.0971. The summed E-state index contributed by atoms with van der Waals surface area (Å²) >= 11 is 0. The van der Waals surface area contributed by atoms with Gasteiger partial charge in [0.2, 0.25) is 0 Å². The highest BCUT2D eigenvalue weighted by molar-refractivity contribution is 7.88. The Morgan fingerprint density at radius 1 is 0.490 bits per heavy atom. The highest BCUT2D eigenvalue weighted by atomic mass is 32.2. The van der Waals surface area contributed by atoms with Crippen molar-refractivity contribution >= 4 is 52.6 Å². The molecule has 0 spiro atoms. The van der Waals surface area contributed by atoms with E-state index >= 15 is 0 Å².